The second-order valence-corrected chi connectivity index (χ2v) is 18.0. The van der Waals surface area contributed by atoms with Gasteiger partial charge in [-0.15, -0.1) is 0 Å². The molecule has 1 heterocycles. The van der Waals surface area contributed by atoms with Gasteiger partial charge in [0, 0.05) is 19.4 Å². The number of nitrogens with two attached hydrogens (primary N) is 3. The van der Waals surface area contributed by atoms with Gasteiger partial charge in [0.25, 0.3) is 0 Å². The van der Waals surface area contributed by atoms with Crippen LogP contribution >= 0.6 is 0 Å². The van der Waals surface area contributed by atoms with Crippen molar-refractivity contribution in [2.75, 3.05) is 26.2 Å². The van der Waals surface area contributed by atoms with Crippen LogP contribution in [0, 0.1) is 0 Å². The molecule has 66 heavy (non-hydrogen) atoms. The normalized spacial score (nSPS) is 21.1. The summed E-state index contributed by atoms with van der Waals surface area (Å²) in [6.07, 6.45) is 20.1. The third-order valence-electron chi connectivity index (χ3n) is 12.0. The summed E-state index contributed by atoms with van der Waals surface area (Å²) in [6.45, 7) is 4.90. The van der Waals surface area contributed by atoms with Crippen molar-refractivity contribution >= 4 is 47.3 Å². The van der Waals surface area contributed by atoms with Crippen molar-refractivity contribution in [3.63, 3.8) is 0 Å². The van der Waals surface area contributed by atoms with Crippen LogP contribution in [0.1, 0.15) is 200 Å². The zero-order valence-corrected chi connectivity index (χ0v) is 40.7. The summed E-state index contributed by atoms with van der Waals surface area (Å²) in [6, 6.07) is -5.27. The second-order valence-electron chi connectivity index (χ2n) is 18.0. The van der Waals surface area contributed by atoms with Crippen LogP contribution in [0.15, 0.2) is 0 Å². The van der Waals surface area contributed by atoms with E-state index in [2.05, 4.69) is 51.1 Å². The maximum absolute atomic E-state index is 14.4. The van der Waals surface area contributed by atoms with E-state index in [0.717, 1.165) is 64.2 Å². The highest BCUT2D eigenvalue weighted by Crippen LogP contribution is 2.15. The molecule has 1 aliphatic rings. The molecule has 0 aromatic heterocycles. The summed E-state index contributed by atoms with van der Waals surface area (Å²) in [5.41, 5.74) is 16.8. The first-order valence-corrected chi connectivity index (χ1v) is 25.6. The van der Waals surface area contributed by atoms with E-state index in [-0.39, 0.29) is 57.4 Å². The lowest BCUT2D eigenvalue weighted by atomic mass is 10.0. The molecular formula is C48H90N10O8. The molecule has 0 radical (unpaired) electrons. The summed E-state index contributed by atoms with van der Waals surface area (Å²) in [5, 5.41) is 19.5. The molecule has 8 amide bonds. The quantitative estimate of drug-likeness (QED) is 0.0488. The molecule has 0 aliphatic carbocycles. The molecule has 1 fully saturated rings. The fourth-order valence-corrected chi connectivity index (χ4v) is 7.96. The van der Waals surface area contributed by atoms with E-state index in [4.69, 9.17) is 17.2 Å². The minimum Gasteiger partial charge on any atom is -0.368 e. The minimum atomic E-state index is -1.08. The molecule has 0 bridgehead atoms. The monoisotopic (exact) mass is 935 g/mol. The van der Waals surface area contributed by atoms with Crippen molar-refractivity contribution in [2.24, 2.45) is 17.2 Å². The number of carbonyl (C=O) groups excluding carboxylic acids is 8. The summed E-state index contributed by atoms with van der Waals surface area (Å²) < 4.78 is 0. The molecular weight excluding hydrogens is 845 g/mol. The van der Waals surface area contributed by atoms with Crippen LogP contribution in [0.4, 0.5) is 0 Å². The predicted molar refractivity (Wildman–Crippen MR) is 258 cm³/mol. The Kier molecular flexibility index (Phi) is 35.1. The number of hydrogen-bond acceptors (Lipinski definition) is 10. The van der Waals surface area contributed by atoms with Gasteiger partial charge in [0.05, 0.1) is 6.54 Å². The molecule has 1 rings (SSSR count). The third-order valence-corrected chi connectivity index (χ3v) is 12.0. The van der Waals surface area contributed by atoms with Crippen molar-refractivity contribution in [2.45, 2.75) is 230 Å². The predicted octanol–water partition coefficient (Wildman–Crippen LogP) is 3.41. The first kappa shape index (κ1) is 59.7. The zero-order valence-electron chi connectivity index (χ0n) is 40.7. The average molecular weight is 935 g/mol. The molecule has 380 valence electrons. The Bertz CT molecular complexity index is 1420. The second kappa shape index (κ2) is 38.8. The first-order chi connectivity index (χ1) is 31.9. The highest BCUT2D eigenvalue weighted by atomic mass is 16.2. The lowest BCUT2D eigenvalue weighted by Gasteiger charge is -2.27. The Morgan fingerprint density at radius 2 is 0.879 bits per heavy atom. The van der Waals surface area contributed by atoms with E-state index in [1.54, 1.807) is 0 Å². The fourth-order valence-electron chi connectivity index (χ4n) is 7.96. The molecule has 5 atom stereocenters. The zero-order chi connectivity index (χ0) is 48.8. The number of rotatable bonds is 29. The van der Waals surface area contributed by atoms with Crippen LogP contribution < -0.4 is 54.4 Å². The number of amides is 8. The number of carbonyl (C=O) groups is 8. The molecule has 1 aliphatic heterocycles. The lowest BCUT2D eigenvalue weighted by Crippen LogP contribution is -2.59. The maximum Gasteiger partial charge on any atom is 0.243 e. The van der Waals surface area contributed by atoms with E-state index in [9.17, 15) is 38.4 Å². The molecule has 0 aromatic rings. The van der Waals surface area contributed by atoms with E-state index >= 15 is 0 Å². The molecule has 1 saturated heterocycles. The third kappa shape index (κ3) is 29.3. The lowest BCUT2D eigenvalue weighted by molar-refractivity contribution is -0.135. The number of primary amides is 1. The van der Waals surface area contributed by atoms with E-state index in [0.29, 0.717) is 64.5 Å². The van der Waals surface area contributed by atoms with Gasteiger partial charge < -0.3 is 54.4 Å². The summed E-state index contributed by atoms with van der Waals surface area (Å²) in [4.78, 5) is 108. The Balaban J connectivity index is 3.62. The van der Waals surface area contributed by atoms with Crippen molar-refractivity contribution in [3.05, 3.63) is 0 Å². The average Bonchev–Trinajstić information content (AvgIpc) is 3.29. The smallest absolute Gasteiger partial charge is 0.243 e. The Labute approximate surface area is 395 Å². The van der Waals surface area contributed by atoms with Gasteiger partial charge >= 0.3 is 0 Å². The molecule has 5 unspecified atom stereocenters. The van der Waals surface area contributed by atoms with Crippen LogP contribution in [0.25, 0.3) is 0 Å². The molecule has 0 spiro atoms. The SMILES string of the molecule is CCCCCCCCCCC1NC(=O)C(CCCCCCCCCC)NC(=O)C(CCCCN)NC(=O)C(CCCCN)NC(=O)CCC(=O)NCCCCC(C(=O)NCC(N)=O)NC1=O. The van der Waals surface area contributed by atoms with Gasteiger partial charge in [-0.2, -0.15) is 0 Å². The van der Waals surface area contributed by atoms with Gasteiger partial charge in [-0.25, -0.2) is 0 Å². The van der Waals surface area contributed by atoms with Crippen LogP contribution in [0.2, 0.25) is 0 Å². The van der Waals surface area contributed by atoms with Gasteiger partial charge in [-0.05, 0) is 83.7 Å². The Hall–Kier alpha value is -4.32. The van der Waals surface area contributed by atoms with Crippen LogP contribution in [0.3, 0.4) is 0 Å². The first-order valence-electron chi connectivity index (χ1n) is 25.6. The minimum absolute atomic E-state index is 0.136. The number of nitrogens with one attached hydrogen (secondary N) is 7. The number of unbranched alkanes of at least 4 members (excludes halogenated alkanes) is 16. The molecule has 13 N–H and O–H groups in total. The standard InChI is InChI=1S/C48H90N10O8/c1-3-5-7-9-11-13-15-17-25-38-46(64)55-36(44(62)53-35-41(51)59)29-21-24-34-52-42(60)30-31-43(61)54-37(27-19-22-32-49)45(63)56-40(28-20-23-33-50)48(66)58-39(47(65)57-38)26-18-16-14-12-10-8-6-4-2/h36-40H,3-35,49-50H2,1-2H3,(H2,51,59)(H,52,60)(H,53,62)(H,54,61)(H,55,64)(H,56,63)(H,57,65)(H,58,66). The van der Waals surface area contributed by atoms with E-state index < -0.39 is 78.1 Å². The Morgan fingerprint density at radius 1 is 0.500 bits per heavy atom. The summed E-state index contributed by atoms with van der Waals surface area (Å²) in [7, 11) is 0. The van der Waals surface area contributed by atoms with E-state index in [1.807, 2.05) is 0 Å². The van der Waals surface area contributed by atoms with Gasteiger partial charge in [0.15, 0.2) is 0 Å². The van der Waals surface area contributed by atoms with Crippen LogP contribution in [0.5, 0.6) is 0 Å². The van der Waals surface area contributed by atoms with Gasteiger partial charge in [-0.1, -0.05) is 117 Å². The van der Waals surface area contributed by atoms with E-state index in [1.165, 1.54) is 25.7 Å². The topological polar surface area (TPSA) is 299 Å². The molecule has 0 saturated carbocycles. The number of hydrogen-bond donors (Lipinski definition) is 10. The molecule has 0 aromatic carbocycles. The van der Waals surface area contributed by atoms with Crippen LogP contribution in [-0.2, 0) is 38.4 Å². The van der Waals surface area contributed by atoms with Crippen molar-refractivity contribution < 1.29 is 38.4 Å². The van der Waals surface area contributed by atoms with Gasteiger partial charge in [0.1, 0.15) is 30.2 Å². The highest BCUT2D eigenvalue weighted by Gasteiger charge is 2.32. The van der Waals surface area contributed by atoms with Crippen molar-refractivity contribution in [3.8, 4) is 0 Å². The molecule has 18 heteroatoms. The largest absolute Gasteiger partial charge is 0.368 e. The van der Waals surface area contributed by atoms with Crippen molar-refractivity contribution in [1.82, 2.24) is 37.2 Å². The maximum atomic E-state index is 14.4. The van der Waals surface area contributed by atoms with Crippen LogP contribution in [-0.4, -0.2) is 104 Å². The Morgan fingerprint density at radius 3 is 1.30 bits per heavy atom. The van der Waals surface area contributed by atoms with Gasteiger partial charge in [0.2, 0.25) is 47.3 Å². The van der Waals surface area contributed by atoms with Crippen molar-refractivity contribution in [1.29, 1.82) is 0 Å². The molecule has 18 nitrogen and oxygen atoms in total. The van der Waals surface area contributed by atoms with Gasteiger partial charge in [-0.3, -0.25) is 38.4 Å². The summed E-state index contributed by atoms with van der Waals surface area (Å²) >= 11 is 0. The highest BCUT2D eigenvalue weighted by molar-refractivity contribution is 5.97. The fraction of sp³-hybridized carbons (Fsp3) is 0.833. The summed E-state index contributed by atoms with van der Waals surface area (Å²) in [5.74, 6) is -4.57.